The quantitative estimate of drug-likeness (QED) is 0.297. The number of carboxylic acid groups (broad SMARTS) is 1. The van der Waals surface area contributed by atoms with Crippen molar-refractivity contribution in [1.29, 1.82) is 0 Å². The summed E-state index contributed by atoms with van der Waals surface area (Å²) in [5, 5.41) is 9.10. The van der Waals surface area contributed by atoms with E-state index in [-0.39, 0.29) is 5.82 Å². The molecule has 5 nitrogen and oxygen atoms in total. The van der Waals surface area contributed by atoms with Crippen molar-refractivity contribution in [2.45, 2.75) is 31.6 Å². The highest BCUT2D eigenvalue weighted by atomic mass is 19.1. The van der Waals surface area contributed by atoms with Gasteiger partial charge in [0.2, 0.25) is 0 Å². The Morgan fingerprint density at radius 2 is 1.29 bits per heavy atom. The second-order valence-corrected chi connectivity index (χ2v) is 10.2. The number of halogens is 1. The monoisotopic (exact) mass is 508 g/mol. The lowest BCUT2D eigenvalue weighted by atomic mass is 10.1. The fourth-order valence-corrected chi connectivity index (χ4v) is 5.64. The maximum atomic E-state index is 14.0. The normalized spacial score (nSPS) is 19.1. The van der Waals surface area contributed by atoms with E-state index in [1.807, 2.05) is 54.6 Å². The molecule has 192 valence electrons. The third-order valence-corrected chi connectivity index (χ3v) is 7.64. The molecule has 6 heteroatoms. The van der Waals surface area contributed by atoms with Crippen molar-refractivity contribution in [3.63, 3.8) is 0 Å². The fourth-order valence-electron chi connectivity index (χ4n) is 5.64. The zero-order valence-corrected chi connectivity index (χ0v) is 21.0. The summed E-state index contributed by atoms with van der Waals surface area (Å²) in [5.41, 5.74) is 4.15. The molecule has 0 aromatic heterocycles. The number of ether oxygens (including phenoxy) is 1. The van der Waals surface area contributed by atoms with Crippen LogP contribution in [0.1, 0.15) is 27.9 Å². The van der Waals surface area contributed by atoms with Crippen LogP contribution in [-0.2, 0) is 13.1 Å². The molecular weight excluding hydrogens is 479 g/mol. The minimum absolute atomic E-state index is 0.233. The van der Waals surface area contributed by atoms with Crippen LogP contribution in [0.15, 0.2) is 97.1 Å². The molecule has 0 aliphatic carbocycles. The Balaban J connectivity index is 1.01. The lowest BCUT2D eigenvalue weighted by Gasteiger charge is -2.34. The highest BCUT2D eigenvalue weighted by Gasteiger charge is 2.42. The first-order chi connectivity index (χ1) is 18.5. The second-order valence-electron chi connectivity index (χ2n) is 10.2. The summed E-state index contributed by atoms with van der Waals surface area (Å²) in [5.74, 6) is 0.369. The molecule has 0 radical (unpaired) electrons. The lowest BCUT2D eigenvalue weighted by Crippen LogP contribution is -2.45. The molecule has 2 saturated heterocycles. The molecule has 6 rings (SSSR count). The molecule has 0 unspecified atom stereocenters. The van der Waals surface area contributed by atoms with Crippen molar-refractivity contribution in [3.8, 4) is 22.6 Å². The van der Waals surface area contributed by atoms with Gasteiger partial charge in [-0.25, -0.2) is 9.18 Å². The van der Waals surface area contributed by atoms with Crippen LogP contribution < -0.4 is 4.74 Å². The highest BCUT2D eigenvalue weighted by molar-refractivity contribution is 5.87. The minimum Gasteiger partial charge on any atom is -0.478 e. The Hall–Kier alpha value is -4.00. The second kappa shape index (κ2) is 10.4. The topological polar surface area (TPSA) is 53.0 Å². The molecule has 4 aromatic carbocycles. The highest BCUT2D eigenvalue weighted by Crippen LogP contribution is 2.33. The maximum Gasteiger partial charge on any atom is 0.335 e. The van der Waals surface area contributed by atoms with Crippen LogP contribution in [0.5, 0.6) is 11.5 Å². The van der Waals surface area contributed by atoms with Gasteiger partial charge in [0, 0.05) is 43.8 Å². The molecule has 2 bridgehead atoms. The molecule has 2 aliphatic rings. The standard InChI is InChI=1S/C32H29FN2O3/c33-31-4-2-1-3-30(31)24-11-15-29(16-12-24)38-28-13-7-23(8-14-28)19-35-21-26-17-27(35)20-34(26)18-22-5-9-25(10-6-22)32(36)37/h1-16,26-27H,17-21H2,(H,36,37)/t26-,27-/m0/s1. The number of piperazine rings is 1. The Morgan fingerprint density at radius 1 is 0.763 bits per heavy atom. The van der Waals surface area contributed by atoms with Crippen LogP contribution in [-0.4, -0.2) is 46.0 Å². The first-order valence-electron chi connectivity index (χ1n) is 12.9. The fraction of sp³-hybridized carbons (Fsp3) is 0.219. The van der Waals surface area contributed by atoms with Crippen molar-refractivity contribution < 1.29 is 19.0 Å². The summed E-state index contributed by atoms with van der Waals surface area (Å²) in [4.78, 5) is 16.2. The van der Waals surface area contributed by atoms with Gasteiger partial charge in [-0.2, -0.15) is 0 Å². The summed E-state index contributed by atoms with van der Waals surface area (Å²) in [6.45, 7) is 3.86. The molecule has 0 saturated carbocycles. The lowest BCUT2D eigenvalue weighted by molar-refractivity contribution is 0.0697. The SMILES string of the molecule is O=C(O)c1ccc(CN2C[C@@H]3C[C@H]2CN3Cc2ccc(Oc3ccc(-c4ccccc4F)cc3)cc2)cc1. The van der Waals surface area contributed by atoms with Crippen molar-refractivity contribution >= 4 is 5.97 Å². The molecule has 2 fully saturated rings. The van der Waals surface area contributed by atoms with E-state index < -0.39 is 5.97 Å². The number of likely N-dealkylation sites (tertiary alicyclic amines) is 2. The third kappa shape index (κ3) is 5.19. The summed E-state index contributed by atoms with van der Waals surface area (Å²) < 4.78 is 20.1. The first-order valence-corrected chi connectivity index (χ1v) is 12.9. The number of hydrogen-bond acceptors (Lipinski definition) is 4. The number of nitrogens with zero attached hydrogens (tertiary/aromatic N) is 2. The van der Waals surface area contributed by atoms with Gasteiger partial charge in [0.25, 0.3) is 0 Å². The van der Waals surface area contributed by atoms with Gasteiger partial charge in [0.1, 0.15) is 17.3 Å². The predicted molar refractivity (Wildman–Crippen MR) is 145 cm³/mol. The van der Waals surface area contributed by atoms with E-state index in [1.54, 1.807) is 24.3 Å². The first kappa shape index (κ1) is 24.3. The largest absolute Gasteiger partial charge is 0.478 e. The van der Waals surface area contributed by atoms with E-state index in [0.717, 1.165) is 43.1 Å². The summed E-state index contributed by atoms with van der Waals surface area (Å²) in [7, 11) is 0. The minimum atomic E-state index is -0.887. The van der Waals surface area contributed by atoms with Crippen LogP contribution in [0.25, 0.3) is 11.1 Å². The Morgan fingerprint density at radius 3 is 1.82 bits per heavy atom. The molecule has 0 spiro atoms. The van der Waals surface area contributed by atoms with Crippen LogP contribution in [0.4, 0.5) is 4.39 Å². The summed E-state index contributed by atoms with van der Waals surface area (Å²) in [6.07, 6.45) is 1.18. The zero-order valence-electron chi connectivity index (χ0n) is 21.0. The Kier molecular flexibility index (Phi) is 6.66. The van der Waals surface area contributed by atoms with Crippen molar-refractivity contribution in [2.75, 3.05) is 13.1 Å². The Bertz CT molecular complexity index is 1420. The van der Waals surface area contributed by atoms with E-state index >= 15 is 0 Å². The number of benzene rings is 4. The number of carboxylic acids is 1. The summed E-state index contributed by atoms with van der Waals surface area (Å²) >= 11 is 0. The molecule has 0 amide bonds. The summed E-state index contributed by atoms with van der Waals surface area (Å²) in [6, 6.07) is 30.8. The smallest absolute Gasteiger partial charge is 0.335 e. The molecule has 2 atom stereocenters. The third-order valence-electron chi connectivity index (χ3n) is 7.64. The van der Waals surface area contributed by atoms with Gasteiger partial charge in [0.05, 0.1) is 5.56 Å². The van der Waals surface area contributed by atoms with Crippen LogP contribution in [0.2, 0.25) is 0 Å². The number of aromatic carboxylic acids is 1. The van der Waals surface area contributed by atoms with Crippen LogP contribution in [0.3, 0.4) is 0 Å². The predicted octanol–water partition coefficient (Wildman–Crippen LogP) is 6.44. The molecule has 1 N–H and O–H groups in total. The Labute approximate surface area is 221 Å². The van der Waals surface area contributed by atoms with Gasteiger partial charge in [-0.3, -0.25) is 9.80 Å². The van der Waals surface area contributed by atoms with E-state index in [4.69, 9.17) is 9.84 Å². The molecule has 2 aliphatic heterocycles. The van der Waals surface area contributed by atoms with Gasteiger partial charge >= 0.3 is 5.97 Å². The average molecular weight is 509 g/mol. The van der Waals surface area contributed by atoms with Crippen LogP contribution in [0, 0.1) is 5.82 Å². The van der Waals surface area contributed by atoms with Gasteiger partial charge < -0.3 is 9.84 Å². The van der Waals surface area contributed by atoms with E-state index in [0.29, 0.717) is 29.0 Å². The van der Waals surface area contributed by atoms with Gasteiger partial charge in [-0.15, -0.1) is 0 Å². The van der Waals surface area contributed by atoms with Crippen molar-refractivity contribution in [1.82, 2.24) is 9.80 Å². The molecule has 2 heterocycles. The molecule has 38 heavy (non-hydrogen) atoms. The van der Waals surface area contributed by atoms with Crippen molar-refractivity contribution in [2.24, 2.45) is 0 Å². The van der Waals surface area contributed by atoms with Gasteiger partial charge in [0.15, 0.2) is 0 Å². The average Bonchev–Trinajstić information content (AvgIpc) is 3.51. The molecular formula is C32H29FN2O3. The maximum absolute atomic E-state index is 14.0. The van der Waals surface area contributed by atoms with Gasteiger partial charge in [-0.05, 0) is 65.6 Å². The van der Waals surface area contributed by atoms with E-state index in [2.05, 4.69) is 21.9 Å². The van der Waals surface area contributed by atoms with E-state index in [9.17, 15) is 9.18 Å². The number of fused-ring (bicyclic) bond motifs is 2. The van der Waals surface area contributed by atoms with Crippen LogP contribution >= 0.6 is 0 Å². The van der Waals surface area contributed by atoms with E-state index in [1.165, 1.54) is 18.1 Å². The number of hydrogen-bond donors (Lipinski definition) is 1. The molecule has 4 aromatic rings. The van der Waals surface area contributed by atoms with Crippen molar-refractivity contribution in [3.05, 3.63) is 120 Å². The zero-order chi connectivity index (χ0) is 26.1. The number of carbonyl (C=O) groups is 1. The van der Waals surface area contributed by atoms with Gasteiger partial charge in [-0.1, -0.05) is 54.6 Å². The number of rotatable bonds is 8.